The molecule has 1 saturated carbocycles. The van der Waals surface area contributed by atoms with Crippen molar-refractivity contribution in [2.24, 2.45) is 5.92 Å². The second-order valence-corrected chi connectivity index (χ2v) is 5.95. The summed E-state index contributed by atoms with van der Waals surface area (Å²) in [5.74, 6) is -1.02. The van der Waals surface area contributed by atoms with Crippen LogP contribution in [0.15, 0.2) is 12.1 Å². The third-order valence-corrected chi connectivity index (χ3v) is 4.60. The molecule has 0 spiro atoms. The highest BCUT2D eigenvalue weighted by Gasteiger charge is 2.29. The van der Waals surface area contributed by atoms with Gasteiger partial charge in [0.15, 0.2) is 0 Å². The monoisotopic (exact) mass is 305 g/mol. The maximum absolute atomic E-state index is 11.3. The molecule has 3 N–H and O–H groups in total. The van der Waals surface area contributed by atoms with Crippen LogP contribution >= 0.6 is 0 Å². The molecule has 0 atom stereocenters. The third-order valence-electron chi connectivity index (χ3n) is 4.60. The molecule has 3 rings (SSSR count). The number of benzene rings is 1. The normalized spacial score (nSPS) is 23.5. The first-order valence-electron chi connectivity index (χ1n) is 7.59. The number of fused-ring (bicyclic) bond motifs is 1. The second-order valence-electron chi connectivity index (χ2n) is 5.95. The third kappa shape index (κ3) is 2.70. The maximum atomic E-state index is 11.3. The van der Waals surface area contributed by atoms with Gasteiger partial charge in [0.05, 0.1) is 10.8 Å². The summed E-state index contributed by atoms with van der Waals surface area (Å²) in [5, 5.41) is 26.9. The fourth-order valence-electron chi connectivity index (χ4n) is 3.38. The Morgan fingerprint density at radius 2 is 2.05 bits per heavy atom. The molecule has 118 valence electrons. The number of nitrogens with one attached hydrogen (secondary N) is 2. The minimum Gasteiger partial charge on any atom is -0.481 e. The van der Waals surface area contributed by atoms with Crippen LogP contribution in [-0.2, 0) is 11.2 Å². The fraction of sp³-hybridized carbons (Fsp3) is 0.533. The van der Waals surface area contributed by atoms with Crippen LogP contribution in [0.3, 0.4) is 0 Å². The van der Waals surface area contributed by atoms with Crippen molar-refractivity contribution in [2.45, 2.75) is 38.1 Å². The first kappa shape index (κ1) is 14.6. The van der Waals surface area contributed by atoms with Crippen LogP contribution in [0.4, 0.5) is 17.1 Å². The number of anilines is 2. The van der Waals surface area contributed by atoms with Crippen LogP contribution in [0, 0.1) is 16.0 Å². The number of hydrogen-bond acceptors (Lipinski definition) is 5. The maximum Gasteiger partial charge on any atom is 0.306 e. The summed E-state index contributed by atoms with van der Waals surface area (Å²) >= 11 is 0. The number of nitro groups is 1. The van der Waals surface area contributed by atoms with Crippen molar-refractivity contribution in [1.82, 2.24) is 0 Å². The number of hydrogen-bond donors (Lipinski definition) is 3. The van der Waals surface area contributed by atoms with Gasteiger partial charge in [-0.05, 0) is 38.2 Å². The number of rotatable bonds is 4. The van der Waals surface area contributed by atoms with Crippen molar-refractivity contribution in [3.05, 3.63) is 27.8 Å². The average Bonchev–Trinajstić information content (AvgIpc) is 2.96. The summed E-state index contributed by atoms with van der Waals surface area (Å²) in [4.78, 5) is 21.9. The van der Waals surface area contributed by atoms with E-state index >= 15 is 0 Å². The highest BCUT2D eigenvalue weighted by Crippen LogP contribution is 2.38. The van der Waals surface area contributed by atoms with Gasteiger partial charge in [0.1, 0.15) is 5.69 Å². The zero-order valence-corrected chi connectivity index (χ0v) is 12.2. The molecule has 1 aromatic carbocycles. The van der Waals surface area contributed by atoms with E-state index in [0.717, 1.165) is 37.1 Å². The Morgan fingerprint density at radius 1 is 1.32 bits per heavy atom. The van der Waals surface area contributed by atoms with Crippen LogP contribution in [0.1, 0.15) is 31.2 Å². The van der Waals surface area contributed by atoms with Gasteiger partial charge < -0.3 is 15.7 Å². The lowest BCUT2D eigenvalue weighted by Crippen LogP contribution is -2.29. The number of nitrogens with zero attached hydrogens (tertiary/aromatic N) is 1. The second kappa shape index (κ2) is 5.82. The number of carbonyl (C=O) groups is 1. The Hall–Kier alpha value is -2.31. The van der Waals surface area contributed by atoms with Crippen molar-refractivity contribution in [3.8, 4) is 0 Å². The van der Waals surface area contributed by atoms with Gasteiger partial charge in [-0.25, -0.2) is 0 Å². The van der Waals surface area contributed by atoms with Crippen LogP contribution < -0.4 is 10.6 Å². The minimum absolute atomic E-state index is 0.0985. The lowest BCUT2D eigenvalue weighted by molar-refractivity contribution is -0.384. The van der Waals surface area contributed by atoms with E-state index in [1.165, 1.54) is 6.07 Å². The molecule has 0 saturated heterocycles. The molecular weight excluding hydrogens is 286 g/mol. The van der Waals surface area contributed by atoms with Crippen molar-refractivity contribution in [3.63, 3.8) is 0 Å². The van der Waals surface area contributed by atoms with E-state index in [0.29, 0.717) is 18.5 Å². The fourth-order valence-corrected chi connectivity index (χ4v) is 3.38. The van der Waals surface area contributed by atoms with E-state index in [2.05, 4.69) is 10.6 Å². The summed E-state index contributed by atoms with van der Waals surface area (Å²) in [7, 11) is 0. The predicted octanol–water partition coefficient (Wildman–Crippen LogP) is 2.62. The molecule has 1 fully saturated rings. The quantitative estimate of drug-likeness (QED) is 0.583. The summed E-state index contributed by atoms with van der Waals surface area (Å²) in [6, 6.07) is 3.39. The number of carboxylic acid groups (broad SMARTS) is 1. The van der Waals surface area contributed by atoms with Crippen molar-refractivity contribution in [2.75, 3.05) is 17.2 Å². The number of nitro benzene ring substituents is 1. The molecule has 1 aliphatic carbocycles. The lowest BCUT2D eigenvalue weighted by Gasteiger charge is -2.28. The Balaban J connectivity index is 1.79. The molecule has 0 unspecified atom stereocenters. The largest absolute Gasteiger partial charge is 0.481 e. The van der Waals surface area contributed by atoms with Crippen LogP contribution in [0.25, 0.3) is 0 Å². The Kier molecular flexibility index (Phi) is 3.87. The standard InChI is InChI=1S/C15H19N3O4/c19-15(20)9-1-3-10(4-2-9)17-14-11-7-8-16-12(11)5-6-13(14)18(21)22/h5-6,9-10,16-17H,1-4,7-8H2,(H,19,20). The summed E-state index contributed by atoms with van der Waals surface area (Å²) in [6.07, 6.45) is 3.46. The smallest absolute Gasteiger partial charge is 0.306 e. The first-order chi connectivity index (χ1) is 10.6. The van der Waals surface area contributed by atoms with Crippen LogP contribution in [0.2, 0.25) is 0 Å². The van der Waals surface area contributed by atoms with E-state index in [4.69, 9.17) is 5.11 Å². The van der Waals surface area contributed by atoms with Gasteiger partial charge in [-0.2, -0.15) is 0 Å². The first-order valence-corrected chi connectivity index (χ1v) is 7.59. The van der Waals surface area contributed by atoms with Crippen molar-refractivity contribution >= 4 is 23.0 Å². The van der Waals surface area contributed by atoms with E-state index < -0.39 is 5.97 Å². The van der Waals surface area contributed by atoms with Gasteiger partial charge in [0.25, 0.3) is 5.69 Å². The van der Waals surface area contributed by atoms with E-state index in [1.807, 2.05) is 0 Å². The van der Waals surface area contributed by atoms with Crippen LogP contribution in [-0.4, -0.2) is 28.6 Å². The molecule has 7 nitrogen and oxygen atoms in total. The molecule has 1 aromatic rings. The molecule has 1 heterocycles. The Bertz CT molecular complexity index is 609. The highest BCUT2D eigenvalue weighted by atomic mass is 16.6. The van der Waals surface area contributed by atoms with Gasteiger partial charge >= 0.3 is 5.97 Å². The van der Waals surface area contributed by atoms with Gasteiger partial charge in [0, 0.05) is 29.9 Å². The predicted molar refractivity (Wildman–Crippen MR) is 82.3 cm³/mol. The molecule has 1 aliphatic heterocycles. The summed E-state index contributed by atoms with van der Waals surface area (Å²) in [6.45, 7) is 0.789. The molecule has 22 heavy (non-hydrogen) atoms. The molecule has 7 heteroatoms. The Labute approximate surface area is 127 Å². The minimum atomic E-state index is -0.741. The molecule has 2 aliphatic rings. The zero-order chi connectivity index (χ0) is 15.7. The topological polar surface area (TPSA) is 104 Å². The van der Waals surface area contributed by atoms with E-state index in [9.17, 15) is 14.9 Å². The summed E-state index contributed by atoms with van der Waals surface area (Å²) < 4.78 is 0. The number of aliphatic carboxylic acids is 1. The van der Waals surface area contributed by atoms with E-state index in [-0.39, 0.29) is 22.6 Å². The number of carboxylic acids is 1. The SMILES string of the molecule is O=C(O)C1CCC(Nc2c([N+](=O)[O-])ccc3c2CCN3)CC1. The lowest BCUT2D eigenvalue weighted by atomic mass is 9.86. The molecule has 0 radical (unpaired) electrons. The van der Waals surface area contributed by atoms with Gasteiger partial charge in [-0.1, -0.05) is 0 Å². The van der Waals surface area contributed by atoms with Gasteiger partial charge in [0.2, 0.25) is 0 Å². The molecule has 0 amide bonds. The highest BCUT2D eigenvalue weighted by molar-refractivity contribution is 5.77. The van der Waals surface area contributed by atoms with Crippen LogP contribution in [0.5, 0.6) is 0 Å². The Morgan fingerprint density at radius 3 is 2.68 bits per heavy atom. The van der Waals surface area contributed by atoms with Crippen molar-refractivity contribution < 1.29 is 14.8 Å². The summed E-state index contributed by atoms with van der Waals surface area (Å²) in [5.41, 5.74) is 2.62. The zero-order valence-electron chi connectivity index (χ0n) is 12.2. The van der Waals surface area contributed by atoms with Gasteiger partial charge in [-0.15, -0.1) is 0 Å². The van der Waals surface area contributed by atoms with Gasteiger partial charge in [-0.3, -0.25) is 14.9 Å². The average molecular weight is 305 g/mol. The molecule has 0 bridgehead atoms. The molecule has 0 aromatic heterocycles. The molecular formula is C15H19N3O4. The van der Waals surface area contributed by atoms with Crippen molar-refractivity contribution in [1.29, 1.82) is 0 Å². The van der Waals surface area contributed by atoms with E-state index in [1.54, 1.807) is 6.07 Å².